The number of amides is 1. The number of rotatable bonds is 9. The second-order valence-corrected chi connectivity index (χ2v) is 11.4. The van der Waals surface area contributed by atoms with E-state index in [0.29, 0.717) is 0 Å². The van der Waals surface area contributed by atoms with E-state index in [-0.39, 0.29) is 17.9 Å². The molecular weight excluding hydrogens is 478 g/mol. The maximum atomic E-state index is 14.4. The van der Waals surface area contributed by atoms with E-state index in [2.05, 4.69) is 114 Å². The van der Waals surface area contributed by atoms with Crippen molar-refractivity contribution in [1.82, 2.24) is 14.8 Å². The standard InChI is InChI=1S/C35H43N3O/c1-37(2)25-16-26-38-31-24-15-14-23-30(31)33(34(38)35(39)36-29-21-12-4-3-5-13-22-29)32(27-17-8-6-9-18-27)28-19-10-7-11-20-28/h6-11,14-15,17-20,23-24,29,32H,3-5,12-13,16,21-22,25-26H2,1-2H3,(H,36,39). The van der Waals surface area contributed by atoms with Gasteiger partial charge in [-0.25, -0.2) is 0 Å². The average molecular weight is 522 g/mol. The van der Waals surface area contributed by atoms with Crippen LogP contribution in [0.25, 0.3) is 10.9 Å². The Hall–Kier alpha value is -3.37. The molecule has 0 aliphatic heterocycles. The van der Waals surface area contributed by atoms with Crippen molar-refractivity contribution in [3.05, 3.63) is 107 Å². The molecule has 1 aliphatic rings. The topological polar surface area (TPSA) is 37.3 Å². The van der Waals surface area contributed by atoms with Crippen molar-refractivity contribution < 1.29 is 4.79 Å². The summed E-state index contributed by atoms with van der Waals surface area (Å²) in [4.78, 5) is 16.7. The lowest BCUT2D eigenvalue weighted by Gasteiger charge is -2.24. The fraction of sp³-hybridized carbons (Fsp3) is 0.400. The first-order chi connectivity index (χ1) is 19.1. The summed E-state index contributed by atoms with van der Waals surface area (Å²) in [5.41, 5.74) is 5.51. The van der Waals surface area contributed by atoms with Crippen LogP contribution in [0.4, 0.5) is 0 Å². The Morgan fingerprint density at radius 1 is 0.821 bits per heavy atom. The minimum absolute atomic E-state index is 0.0366. The zero-order valence-corrected chi connectivity index (χ0v) is 23.6. The van der Waals surface area contributed by atoms with Crippen LogP contribution in [0.15, 0.2) is 84.9 Å². The molecule has 0 saturated heterocycles. The third kappa shape index (κ3) is 6.45. The Bertz CT molecular complexity index is 1300. The molecule has 39 heavy (non-hydrogen) atoms. The fourth-order valence-electron chi connectivity index (χ4n) is 6.32. The first kappa shape index (κ1) is 27.2. The molecule has 5 rings (SSSR count). The molecule has 4 nitrogen and oxygen atoms in total. The van der Waals surface area contributed by atoms with Gasteiger partial charge in [-0.2, -0.15) is 0 Å². The highest BCUT2D eigenvalue weighted by Crippen LogP contribution is 2.40. The average Bonchev–Trinajstić information content (AvgIpc) is 3.25. The maximum absolute atomic E-state index is 14.4. The highest BCUT2D eigenvalue weighted by molar-refractivity contribution is 6.03. The normalized spacial score (nSPS) is 15.0. The second-order valence-electron chi connectivity index (χ2n) is 11.4. The summed E-state index contributed by atoms with van der Waals surface area (Å²) in [5.74, 6) is 0.0407. The van der Waals surface area contributed by atoms with Crippen LogP contribution in [0, 0.1) is 0 Å². The first-order valence-electron chi connectivity index (χ1n) is 14.8. The summed E-state index contributed by atoms with van der Waals surface area (Å²) >= 11 is 0. The number of carbonyl (C=O) groups excluding carboxylic acids is 1. The summed E-state index contributed by atoms with van der Waals surface area (Å²) in [6.45, 7) is 1.79. The first-order valence-corrected chi connectivity index (χ1v) is 14.8. The molecule has 1 aromatic heterocycles. The Kier molecular flexibility index (Phi) is 9.15. The molecule has 1 heterocycles. The molecule has 3 aromatic carbocycles. The lowest BCUT2D eigenvalue weighted by Crippen LogP contribution is -2.37. The SMILES string of the molecule is CN(C)CCCn1c(C(=O)NC2CCCCCCC2)c(C(c2ccccc2)c2ccccc2)c2ccccc21. The van der Waals surface area contributed by atoms with Gasteiger partial charge in [0.15, 0.2) is 0 Å². The summed E-state index contributed by atoms with van der Waals surface area (Å²) in [7, 11) is 4.23. The van der Waals surface area contributed by atoms with Crippen LogP contribution < -0.4 is 5.32 Å². The third-order valence-electron chi connectivity index (χ3n) is 8.21. The van der Waals surface area contributed by atoms with Crippen molar-refractivity contribution in [2.24, 2.45) is 0 Å². The van der Waals surface area contributed by atoms with E-state index in [1.807, 2.05) is 0 Å². The molecular formula is C35H43N3O. The lowest BCUT2D eigenvalue weighted by atomic mass is 9.83. The fourth-order valence-corrected chi connectivity index (χ4v) is 6.32. The molecule has 1 saturated carbocycles. The quantitative estimate of drug-likeness (QED) is 0.246. The van der Waals surface area contributed by atoms with Gasteiger partial charge in [0, 0.05) is 35.0 Å². The molecule has 0 spiro atoms. The van der Waals surface area contributed by atoms with Crippen LogP contribution in [0.1, 0.15) is 84.5 Å². The van der Waals surface area contributed by atoms with Gasteiger partial charge in [-0.1, -0.05) is 111 Å². The van der Waals surface area contributed by atoms with Gasteiger partial charge < -0.3 is 14.8 Å². The number of hydrogen-bond donors (Lipinski definition) is 1. The molecule has 4 aromatic rings. The Balaban J connectivity index is 1.67. The molecule has 0 radical (unpaired) electrons. The molecule has 1 aliphatic carbocycles. The summed E-state index contributed by atoms with van der Waals surface area (Å²) < 4.78 is 2.31. The molecule has 204 valence electrons. The molecule has 1 fully saturated rings. The van der Waals surface area contributed by atoms with Crippen molar-refractivity contribution in [2.75, 3.05) is 20.6 Å². The monoisotopic (exact) mass is 521 g/mol. The number of nitrogens with one attached hydrogen (secondary N) is 1. The third-order valence-corrected chi connectivity index (χ3v) is 8.21. The number of benzene rings is 3. The van der Waals surface area contributed by atoms with Gasteiger partial charge in [0.05, 0.1) is 0 Å². The zero-order chi connectivity index (χ0) is 27.0. The minimum Gasteiger partial charge on any atom is -0.348 e. The van der Waals surface area contributed by atoms with Crippen molar-refractivity contribution in [3.63, 3.8) is 0 Å². The largest absolute Gasteiger partial charge is 0.348 e. The van der Waals surface area contributed by atoms with Gasteiger partial charge in [0.25, 0.3) is 5.91 Å². The van der Waals surface area contributed by atoms with Crippen molar-refractivity contribution in [1.29, 1.82) is 0 Å². The van der Waals surface area contributed by atoms with Gasteiger partial charge in [0.1, 0.15) is 5.69 Å². The van der Waals surface area contributed by atoms with Gasteiger partial charge in [-0.3, -0.25) is 4.79 Å². The van der Waals surface area contributed by atoms with Crippen LogP contribution in [0.5, 0.6) is 0 Å². The van der Waals surface area contributed by atoms with Crippen LogP contribution in [0.3, 0.4) is 0 Å². The minimum atomic E-state index is -0.0366. The van der Waals surface area contributed by atoms with Crippen LogP contribution in [-0.4, -0.2) is 42.1 Å². The second kappa shape index (κ2) is 13.1. The Morgan fingerprint density at radius 2 is 1.38 bits per heavy atom. The van der Waals surface area contributed by atoms with Gasteiger partial charge >= 0.3 is 0 Å². The van der Waals surface area contributed by atoms with Gasteiger partial charge in [-0.05, 0) is 57.1 Å². The molecule has 0 unspecified atom stereocenters. The van der Waals surface area contributed by atoms with E-state index >= 15 is 0 Å². The highest BCUT2D eigenvalue weighted by Gasteiger charge is 2.31. The van der Waals surface area contributed by atoms with E-state index in [4.69, 9.17) is 0 Å². The van der Waals surface area contributed by atoms with E-state index in [0.717, 1.165) is 49.1 Å². The summed E-state index contributed by atoms with van der Waals surface area (Å²) in [6, 6.07) is 30.2. The van der Waals surface area contributed by atoms with Crippen LogP contribution in [-0.2, 0) is 6.54 Å². The molecule has 4 heteroatoms. The van der Waals surface area contributed by atoms with Crippen LogP contribution >= 0.6 is 0 Å². The molecule has 1 amide bonds. The van der Waals surface area contributed by atoms with Crippen molar-refractivity contribution in [2.45, 2.75) is 69.9 Å². The summed E-state index contributed by atoms with van der Waals surface area (Å²) in [5, 5.41) is 4.70. The van der Waals surface area contributed by atoms with Crippen LogP contribution in [0.2, 0.25) is 0 Å². The molecule has 0 atom stereocenters. The predicted octanol–water partition coefficient (Wildman–Crippen LogP) is 7.62. The number of aryl methyl sites for hydroxylation is 1. The van der Waals surface area contributed by atoms with Gasteiger partial charge in [-0.15, -0.1) is 0 Å². The smallest absolute Gasteiger partial charge is 0.268 e. The van der Waals surface area contributed by atoms with E-state index in [1.54, 1.807) is 0 Å². The molecule has 0 bridgehead atoms. The summed E-state index contributed by atoms with van der Waals surface area (Å²) in [6.07, 6.45) is 9.38. The van der Waals surface area contributed by atoms with E-state index < -0.39 is 0 Å². The zero-order valence-electron chi connectivity index (χ0n) is 23.6. The Morgan fingerprint density at radius 3 is 2.00 bits per heavy atom. The lowest BCUT2D eigenvalue weighted by molar-refractivity contribution is 0.0920. The number of para-hydroxylation sites is 1. The number of hydrogen-bond acceptors (Lipinski definition) is 2. The maximum Gasteiger partial charge on any atom is 0.268 e. The number of carbonyl (C=O) groups is 1. The van der Waals surface area contributed by atoms with Gasteiger partial charge in [0.2, 0.25) is 0 Å². The predicted molar refractivity (Wildman–Crippen MR) is 163 cm³/mol. The van der Waals surface area contributed by atoms with Crippen molar-refractivity contribution >= 4 is 16.8 Å². The highest BCUT2D eigenvalue weighted by atomic mass is 16.2. The Labute approximate surface area is 234 Å². The number of fused-ring (bicyclic) bond motifs is 1. The molecule has 1 N–H and O–H groups in total. The van der Waals surface area contributed by atoms with E-state index in [9.17, 15) is 4.79 Å². The number of aromatic nitrogens is 1. The van der Waals surface area contributed by atoms with Crippen molar-refractivity contribution in [3.8, 4) is 0 Å². The number of nitrogens with zero attached hydrogens (tertiary/aromatic N) is 2. The van der Waals surface area contributed by atoms with E-state index in [1.165, 1.54) is 48.6 Å².